The molecule has 98 valence electrons. The van der Waals surface area contributed by atoms with Crippen molar-refractivity contribution in [3.8, 4) is 6.07 Å². The Labute approximate surface area is 113 Å². The van der Waals surface area contributed by atoms with Crippen LogP contribution in [0.4, 0.5) is 0 Å². The number of hydrogen-bond acceptors (Lipinski definition) is 2. The topological polar surface area (TPSA) is 40.8 Å². The van der Waals surface area contributed by atoms with Gasteiger partial charge in [0.2, 0.25) is 0 Å². The van der Waals surface area contributed by atoms with Gasteiger partial charge in [-0.2, -0.15) is 5.26 Å². The Balaban J connectivity index is 1.83. The van der Waals surface area contributed by atoms with Gasteiger partial charge in [-0.15, -0.1) is 0 Å². The van der Waals surface area contributed by atoms with E-state index in [4.69, 9.17) is 5.26 Å². The SMILES string of the molecule is Cn1c(CCC2CCCN2)cc2cc(C#N)ccc21. The van der Waals surface area contributed by atoms with Crippen LogP contribution in [0, 0.1) is 11.3 Å². The summed E-state index contributed by atoms with van der Waals surface area (Å²) in [5, 5.41) is 13.7. The maximum absolute atomic E-state index is 8.96. The Morgan fingerprint density at radius 1 is 1.42 bits per heavy atom. The number of nitrogens with zero attached hydrogens (tertiary/aromatic N) is 2. The number of nitrogens with one attached hydrogen (secondary N) is 1. The maximum Gasteiger partial charge on any atom is 0.0991 e. The summed E-state index contributed by atoms with van der Waals surface area (Å²) >= 11 is 0. The molecule has 0 radical (unpaired) electrons. The highest BCUT2D eigenvalue weighted by Crippen LogP contribution is 2.22. The van der Waals surface area contributed by atoms with Crippen LogP contribution in [-0.4, -0.2) is 17.2 Å². The van der Waals surface area contributed by atoms with Crippen molar-refractivity contribution in [2.24, 2.45) is 7.05 Å². The first-order chi connectivity index (χ1) is 9.28. The van der Waals surface area contributed by atoms with Gasteiger partial charge in [0.15, 0.2) is 0 Å². The highest BCUT2D eigenvalue weighted by molar-refractivity contribution is 5.82. The molecule has 1 aromatic heterocycles. The lowest BCUT2D eigenvalue weighted by Gasteiger charge is -2.10. The first-order valence-corrected chi connectivity index (χ1v) is 7.00. The monoisotopic (exact) mass is 253 g/mol. The molecule has 1 N–H and O–H groups in total. The van der Waals surface area contributed by atoms with Gasteiger partial charge < -0.3 is 9.88 Å². The number of rotatable bonds is 3. The molecule has 1 unspecified atom stereocenters. The van der Waals surface area contributed by atoms with Crippen molar-refractivity contribution in [3.05, 3.63) is 35.5 Å². The van der Waals surface area contributed by atoms with E-state index in [0.717, 1.165) is 12.0 Å². The minimum Gasteiger partial charge on any atom is -0.348 e. The summed E-state index contributed by atoms with van der Waals surface area (Å²) in [7, 11) is 2.12. The van der Waals surface area contributed by atoms with Crippen molar-refractivity contribution < 1.29 is 0 Å². The second kappa shape index (κ2) is 5.07. The molecule has 3 nitrogen and oxygen atoms in total. The van der Waals surface area contributed by atoms with E-state index in [1.54, 1.807) is 0 Å². The fourth-order valence-corrected chi connectivity index (χ4v) is 3.04. The van der Waals surface area contributed by atoms with E-state index in [9.17, 15) is 0 Å². The van der Waals surface area contributed by atoms with Gasteiger partial charge in [0.05, 0.1) is 11.6 Å². The average Bonchev–Trinajstić information content (AvgIpc) is 3.04. The van der Waals surface area contributed by atoms with Crippen LogP contribution in [0.1, 0.15) is 30.5 Å². The number of hydrogen-bond donors (Lipinski definition) is 1. The summed E-state index contributed by atoms with van der Waals surface area (Å²) in [6.45, 7) is 1.17. The first kappa shape index (κ1) is 12.3. The molecule has 19 heavy (non-hydrogen) atoms. The first-order valence-electron chi connectivity index (χ1n) is 7.00. The molecule has 1 fully saturated rings. The van der Waals surface area contributed by atoms with Crippen molar-refractivity contribution in [2.75, 3.05) is 6.54 Å². The predicted octanol–water partition coefficient (Wildman–Crippen LogP) is 2.73. The van der Waals surface area contributed by atoms with Crippen LogP contribution in [-0.2, 0) is 13.5 Å². The third kappa shape index (κ3) is 2.36. The number of nitriles is 1. The third-order valence-corrected chi connectivity index (χ3v) is 4.18. The minimum absolute atomic E-state index is 0.688. The zero-order valence-electron chi connectivity index (χ0n) is 11.3. The molecule has 3 rings (SSSR count). The number of benzene rings is 1. The van der Waals surface area contributed by atoms with E-state index in [1.165, 1.54) is 42.4 Å². The standard InChI is InChI=1S/C16H19N3/c1-19-15(6-5-14-3-2-8-18-14)10-13-9-12(11-17)4-7-16(13)19/h4,7,9-10,14,18H,2-3,5-6,8H2,1H3. The van der Waals surface area contributed by atoms with Gasteiger partial charge in [0, 0.05) is 29.7 Å². The summed E-state index contributed by atoms with van der Waals surface area (Å²) in [6, 6.07) is 11.0. The molecule has 3 heteroatoms. The zero-order valence-corrected chi connectivity index (χ0v) is 11.3. The highest BCUT2D eigenvalue weighted by atomic mass is 15.0. The Morgan fingerprint density at radius 3 is 3.05 bits per heavy atom. The van der Waals surface area contributed by atoms with Crippen LogP contribution in [0.15, 0.2) is 24.3 Å². The molecule has 2 heterocycles. The minimum atomic E-state index is 0.688. The normalized spacial score (nSPS) is 18.8. The van der Waals surface area contributed by atoms with Gasteiger partial charge in [-0.25, -0.2) is 0 Å². The third-order valence-electron chi connectivity index (χ3n) is 4.18. The molecule has 1 aromatic carbocycles. The Kier molecular flexibility index (Phi) is 3.27. The van der Waals surface area contributed by atoms with Gasteiger partial charge in [0.25, 0.3) is 0 Å². The molecule has 0 bridgehead atoms. The summed E-state index contributed by atoms with van der Waals surface area (Å²) < 4.78 is 2.26. The molecule has 1 aliphatic rings. The van der Waals surface area contributed by atoms with Crippen LogP contribution >= 0.6 is 0 Å². The van der Waals surface area contributed by atoms with Crippen LogP contribution in [0.2, 0.25) is 0 Å². The van der Waals surface area contributed by atoms with Crippen LogP contribution < -0.4 is 5.32 Å². The number of aryl methyl sites for hydroxylation is 2. The van der Waals surface area contributed by atoms with Gasteiger partial charge in [-0.05, 0) is 56.5 Å². The van der Waals surface area contributed by atoms with Gasteiger partial charge in [-0.3, -0.25) is 0 Å². The van der Waals surface area contributed by atoms with Crippen molar-refractivity contribution in [2.45, 2.75) is 31.7 Å². The molecule has 0 aliphatic carbocycles. The van der Waals surface area contributed by atoms with Crippen LogP contribution in [0.3, 0.4) is 0 Å². The Hall–Kier alpha value is -1.79. The second-order valence-electron chi connectivity index (χ2n) is 5.41. The summed E-state index contributed by atoms with van der Waals surface area (Å²) in [6.07, 6.45) is 4.92. The Morgan fingerprint density at radius 2 is 2.32 bits per heavy atom. The largest absolute Gasteiger partial charge is 0.348 e. The maximum atomic E-state index is 8.96. The lowest BCUT2D eigenvalue weighted by Crippen LogP contribution is -2.22. The summed E-state index contributed by atoms with van der Waals surface area (Å²) in [4.78, 5) is 0. The molecule has 0 spiro atoms. The molecule has 1 aliphatic heterocycles. The van der Waals surface area contributed by atoms with E-state index >= 15 is 0 Å². The van der Waals surface area contributed by atoms with Crippen LogP contribution in [0.25, 0.3) is 10.9 Å². The quantitative estimate of drug-likeness (QED) is 0.913. The molecule has 1 saturated heterocycles. The van der Waals surface area contributed by atoms with E-state index in [-0.39, 0.29) is 0 Å². The fraction of sp³-hybridized carbons (Fsp3) is 0.438. The lowest BCUT2D eigenvalue weighted by atomic mass is 10.1. The number of aromatic nitrogens is 1. The lowest BCUT2D eigenvalue weighted by molar-refractivity contribution is 0.551. The van der Waals surface area contributed by atoms with E-state index < -0.39 is 0 Å². The molecule has 2 aromatic rings. The van der Waals surface area contributed by atoms with Gasteiger partial charge in [-0.1, -0.05) is 0 Å². The van der Waals surface area contributed by atoms with Gasteiger partial charge >= 0.3 is 0 Å². The number of fused-ring (bicyclic) bond motifs is 1. The van der Waals surface area contributed by atoms with Crippen molar-refractivity contribution >= 4 is 10.9 Å². The van der Waals surface area contributed by atoms with Gasteiger partial charge in [0.1, 0.15) is 0 Å². The van der Waals surface area contributed by atoms with Crippen LogP contribution in [0.5, 0.6) is 0 Å². The second-order valence-corrected chi connectivity index (χ2v) is 5.41. The van der Waals surface area contributed by atoms with E-state index in [2.05, 4.69) is 29.1 Å². The van der Waals surface area contributed by atoms with Crippen molar-refractivity contribution in [1.82, 2.24) is 9.88 Å². The van der Waals surface area contributed by atoms with E-state index in [0.29, 0.717) is 6.04 Å². The predicted molar refractivity (Wildman–Crippen MR) is 77.0 cm³/mol. The fourth-order valence-electron chi connectivity index (χ4n) is 3.04. The molecule has 0 amide bonds. The molecular formula is C16H19N3. The molecular weight excluding hydrogens is 234 g/mol. The molecule has 1 atom stereocenters. The highest BCUT2D eigenvalue weighted by Gasteiger charge is 2.15. The smallest absolute Gasteiger partial charge is 0.0991 e. The van der Waals surface area contributed by atoms with Crippen molar-refractivity contribution in [3.63, 3.8) is 0 Å². The summed E-state index contributed by atoms with van der Waals surface area (Å²) in [5.41, 5.74) is 3.31. The average molecular weight is 253 g/mol. The summed E-state index contributed by atoms with van der Waals surface area (Å²) in [5.74, 6) is 0. The Bertz CT molecular complexity index is 627. The molecule has 0 saturated carbocycles. The van der Waals surface area contributed by atoms with E-state index in [1.807, 2.05) is 18.2 Å². The van der Waals surface area contributed by atoms with Crippen molar-refractivity contribution in [1.29, 1.82) is 5.26 Å². The zero-order chi connectivity index (χ0) is 13.2.